The molecule has 3 rings (SSSR count). The van der Waals surface area contributed by atoms with Crippen molar-refractivity contribution in [1.82, 2.24) is 5.32 Å². The van der Waals surface area contributed by atoms with Gasteiger partial charge in [-0.25, -0.2) is 0 Å². The molecule has 0 atom stereocenters. The van der Waals surface area contributed by atoms with E-state index in [9.17, 15) is 9.90 Å². The van der Waals surface area contributed by atoms with E-state index in [2.05, 4.69) is 5.32 Å². The Balaban J connectivity index is 1.75. The molecule has 0 saturated heterocycles. The topological polar surface area (TPSA) is 49.3 Å². The van der Waals surface area contributed by atoms with Crippen molar-refractivity contribution in [3.63, 3.8) is 0 Å². The van der Waals surface area contributed by atoms with Crippen LogP contribution in [0, 0.1) is 5.92 Å². The molecule has 0 heterocycles. The van der Waals surface area contributed by atoms with Gasteiger partial charge in [-0.15, -0.1) is 0 Å². The van der Waals surface area contributed by atoms with Gasteiger partial charge in [-0.05, 0) is 36.4 Å². The summed E-state index contributed by atoms with van der Waals surface area (Å²) >= 11 is 0. The smallest absolute Gasteiger partial charge is 0.324 e. The number of hydrogen-bond donors (Lipinski definition) is 2. The van der Waals surface area contributed by atoms with Crippen molar-refractivity contribution in [2.45, 2.75) is 37.6 Å². The van der Waals surface area contributed by atoms with E-state index in [1.54, 1.807) is 0 Å². The van der Waals surface area contributed by atoms with Crippen molar-refractivity contribution in [3.05, 3.63) is 35.4 Å². The molecule has 0 aromatic heterocycles. The molecular weight excluding hydrogens is 226 g/mol. The molecule has 0 spiro atoms. The minimum absolute atomic E-state index is 0.616. The van der Waals surface area contributed by atoms with Gasteiger partial charge in [0.15, 0.2) is 0 Å². The summed E-state index contributed by atoms with van der Waals surface area (Å²) < 4.78 is 0. The highest BCUT2D eigenvalue weighted by Gasteiger charge is 2.44. The number of hydrogen-bond acceptors (Lipinski definition) is 2. The number of nitrogens with one attached hydrogen (secondary N) is 1. The Morgan fingerprint density at radius 3 is 2.33 bits per heavy atom. The molecule has 0 bridgehead atoms. The van der Waals surface area contributed by atoms with Crippen molar-refractivity contribution in [2.24, 2.45) is 5.92 Å². The molecule has 96 valence electrons. The Bertz CT molecular complexity index is 440. The zero-order chi connectivity index (χ0) is 12.6. The fraction of sp³-hybridized carbons (Fsp3) is 0.533. The highest BCUT2D eigenvalue weighted by Crippen LogP contribution is 2.32. The summed E-state index contributed by atoms with van der Waals surface area (Å²) in [5, 5.41) is 12.9. The van der Waals surface area contributed by atoms with E-state index < -0.39 is 11.5 Å². The summed E-state index contributed by atoms with van der Waals surface area (Å²) in [6.07, 6.45) is 5.02. The number of carboxylic acids is 1. The summed E-state index contributed by atoms with van der Waals surface area (Å²) in [5.41, 5.74) is 1.60. The SMILES string of the molecule is O=C(O)C1(NCC2CCC2)Cc2ccccc2C1. The van der Waals surface area contributed by atoms with Crippen LogP contribution in [-0.2, 0) is 17.6 Å². The van der Waals surface area contributed by atoms with Crippen LogP contribution in [0.25, 0.3) is 0 Å². The zero-order valence-electron chi connectivity index (χ0n) is 10.5. The van der Waals surface area contributed by atoms with Gasteiger partial charge in [-0.2, -0.15) is 0 Å². The maximum Gasteiger partial charge on any atom is 0.324 e. The van der Waals surface area contributed by atoms with Crippen LogP contribution in [0.5, 0.6) is 0 Å². The van der Waals surface area contributed by atoms with Gasteiger partial charge in [0.05, 0.1) is 0 Å². The van der Waals surface area contributed by atoms with E-state index >= 15 is 0 Å². The van der Waals surface area contributed by atoms with Gasteiger partial charge < -0.3 is 10.4 Å². The van der Waals surface area contributed by atoms with E-state index in [0.717, 1.165) is 6.54 Å². The van der Waals surface area contributed by atoms with Gasteiger partial charge >= 0.3 is 5.97 Å². The van der Waals surface area contributed by atoms with Crippen molar-refractivity contribution in [1.29, 1.82) is 0 Å². The predicted octanol–water partition coefficient (Wildman–Crippen LogP) is 2.00. The second kappa shape index (κ2) is 4.39. The van der Waals surface area contributed by atoms with Crippen molar-refractivity contribution < 1.29 is 9.90 Å². The first-order valence-corrected chi connectivity index (χ1v) is 6.75. The second-order valence-corrected chi connectivity index (χ2v) is 5.69. The normalized spacial score (nSPS) is 21.3. The van der Waals surface area contributed by atoms with E-state index in [1.807, 2.05) is 24.3 Å². The fourth-order valence-electron chi connectivity index (χ4n) is 3.00. The molecule has 18 heavy (non-hydrogen) atoms. The Morgan fingerprint density at radius 1 is 1.28 bits per heavy atom. The van der Waals surface area contributed by atoms with Gasteiger partial charge in [-0.3, -0.25) is 4.79 Å². The maximum absolute atomic E-state index is 11.6. The molecule has 1 aromatic rings. The Kier molecular flexibility index (Phi) is 2.86. The molecule has 2 N–H and O–H groups in total. The Morgan fingerprint density at radius 2 is 1.89 bits per heavy atom. The molecule has 0 radical (unpaired) electrons. The largest absolute Gasteiger partial charge is 0.480 e. The average molecular weight is 245 g/mol. The van der Waals surface area contributed by atoms with Crippen molar-refractivity contribution in [3.8, 4) is 0 Å². The van der Waals surface area contributed by atoms with E-state index in [4.69, 9.17) is 0 Å². The van der Waals surface area contributed by atoms with E-state index in [0.29, 0.717) is 18.8 Å². The van der Waals surface area contributed by atoms with Crippen molar-refractivity contribution in [2.75, 3.05) is 6.54 Å². The molecule has 1 saturated carbocycles. The predicted molar refractivity (Wildman–Crippen MR) is 69.6 cm³/mol. The number of benzene rings is 1. The first-order chi connectivity index (χ1) is 8.70. The first kappa shape index (κ1) is 11.7. The van der Waals surface area contributed by atoms with Crippen LogP contribution in [0.4, 0.5) is 0 Å². The Labute approximate surface area is 107 Å². The molecule has 0 amide bonds. The average Bonchev–Trinajstić information content (AvgIpc) is 2.66. The lowest BCUT2D eigenvalue weighted by atomic mass is 9.84. The third kappa shape index (κ3) is 1.93. The third-order valence-corrected chi connectivity index (χ3v) is 4.47. The molecule has 2 aliphatic carbocycles. The van der Waals surface area contributed by atoms with Gasteiger partial charge in [0, 0.05) is 12.8 Å². The molecule has 2 aliphatic rings. The number of carbonyl (C=O) groups is 1. The minimum atomic E-state index is -0.765. The highest BCUT2D eigenvalue weighted by molar-refractivity contribution is 5.81. The highest BCUT2D eigenvalue weighted by atomic mass is 16.4. The van der Waals surface area contributed by atoms with Crippen LogP contribution in [0.1, 0.15) is 30.4 Å². The van der Waals surface area contributed by atoms with Crippen LogP contribution in [0.15, 0.2) is 24.3 Å². The molecule has 3 nitrogen and oxygen atoms in total. The maximum atomic E-state index is 11.6. The molecule has 0 aliphatic heterocycles. The van der Waals surface area contributed by atoms with E-state index in [-0.39, 0.29) is 0 Å². The monoisotopic (exact) mass is 245 g/mol. The van der Waals surface area contributed by atoms with Crippen LogP contribution < -0.4 is 5.32 Å². The fourth-order valence-corrected chi connectivity index (χ4v) is 3.00. The summed E-state index contributed by atoms with van der Waals surface area (Å²) in [6, 6.07) is 8.07. The molecule has 1 fully saturated rings. The van der Waals surface area contributed by atoms with Crippen LogP contribution in [-0.4, -0.2) is 23.2 Å². The molecule has 1 aromatic carbocycles. The van der Waals surface area contributed by atoms with Gasteiger partial charge in [0.25, 0.3) is 0 Å². The second-order valence-electron chi connectivity index (χ2n) is 5.69. The molecule has 0 unspecified atom stereocenters. The molecule has 3 heteroatoms. The number of carboxylic acid groups (broad SMARTS) is 1. The number of aliphatic carboxylic acids is 1. The summed E-state index contributed by atoms with van der Waals surface area (Å²) in [6.45, 7) is 0.848. The van der Waals surface area contributed by atoms with Crippen LogP contribution >= 0.6 is 0 Å². The summed E-state index contributed by atoms with van der Waals surface area (Å²) in [5.74, 6) is -0.0250. The molecular formula is C15H19NO2. The first-order valence-electron chi connectivity index (χ1n) is 6.75. The zero-order valence-corrected chi connectivity index (χ0v) is 10.5. The Hall–Kier alpha value is -1.35. The van der Waals surface area contributed by atoms with Crippen molar-refractivity contribution >= 4 is 5.97 Å². The lowest BCUT2D eigenvalue weighted by Gasteiger charge is -2.32. The third-order valence-electron chi connectivity index (χ3n) is 4.47. The van der Waals surface area contributed by atoms with Crippen LogP contribution in [0.3, 0.4) is 0 Å². The lowest BCUT2D eigenvalue weighted by molar-refractivity contribution is -0.144. The lowest BCUT2D eigenvalue weighted by Crippen LogP contribution is -2.54. The van der Waals surface area contributed by atoms with E-state index in [1.165, 1.54) is 30.4 Å². The standard InChI is InChI=1S/C15H19NO2/c17-14(18)15(16-10-11-4-3-5-11)8-12-6-1-2-7-13(12)9-15/h1-2,6-7,11,16H,3-5,8-10H2,(H,17,18). The number of fused-ring (bicyclic) bond motifs is 1. The van der Waals surface area contributed by atoms with Gasteiger partial charge in [0.1, 0.15) is 5.54 Å². The summed E-state index contributed by atoms with van der Waals surface area (Å²) in [7, 11) is 0. The minimum Gasteiger partial charge on any atom is -0.480 e. The quantitative estimate of drug-likeness (QED) is 0.853. The van der Waals surface area contributed by atoms with Gasteiger partial charge in [0.2, 0.25) is 0 Å². The number of rotatable bonds is 4. The van der Waals surface area contributed by atoms with Gasteiger partial charge in [-0.1, -0.05) is 30.7 Å². The van der Waals surface area contributed by atoms with Crippen LogP contribution in [0.2, 0.25) is 0 Å². The summed E-state index contributed by atoms with van der Waals surface area (Å²) in [4.78, 5) is 11.6.